The van der Waals surface area contributed by atoms with Gasteiger partial charge >= 0.3 is 30.0 Å². The number of carbonyl (C=O) groups excluding carboxylic acids is 2. The minimum atomic E-state index is -6.45. The third-order valence-corrected chi connectivity index (χ3v) is 7.50. The van der Waals surface area contributed by atoms with Gasteiger partial charge in [0.1, 0.15) is 23.9 Å². The number of halogens is 8. The van der Waals surface area contributed by atoms with Crippen molar-refractivity contribution in [2.24, 2.45) is 0 Å². The van der Waals surface area contributed by atoms with E-state index in [1.807, 2.05) is 6.92 Å². The highest BCUT2D eigenvalue weighted by atomic mass is 19.4. The van der Waals surface area contributed by atoms with Crippen LogP contribution in [0.15, 0.2) is 66.7 Å². The summed E-state index contributed by atoms with van der Waals surface area (Å²) in [6.45, 7) is 0.933. The molecule has 0 saturated heterocycles. The van der Waals surface area contributed by atoms with E-state index in [9.17, 15) is 44.7 Å². The van der Waals surface area contributed by atoms with Crippen LogP contribution >= 0.6 is 0 Å². The molecule has 274 valence electrons. The smallest absolute Gasteiger partial charge is 0.459 e. The molecule has 0 amide bonds. The molecule has 0 N–H and O–H groups in total. The van der Waals surface area contributed by atoms with Crippen molar-refractivity contribution in [3.63, 3.8) is 0 Å². The maximum atomic E-state index is 14.6. The van der Waals surface area contributed by atoms with E-state index in [0.717, 1.165) is 42.5 Å². The van der Waals surface area contributed by atoms with Gasteiger partial charge in [0.05, 0.1) is 30.4 Å². The van der Waals surface area contributed by atoms with Crippen molar-refractivity contribution in [3.8, 4) is 22.6 Å². The van der Waals surface area contributed by atoms with Gasteiger partial charge in [-0.1, -0.05) is 56.9 Å². The molecule has 0 spiro atoms. The monoisotopic (exact) mass is 718 g/mol. The number of esters is 2. The number of alkyl halides is 7. The summed E-state index contributed by atoms with van der Waals surface area (Å²) in [5, 5.41) is 0. The Morgan fingerprint density at radius 2 is 1.32 bits per heavy atom. The molecule has 0 bridgehead atoms. The standard InChI is InChI=1S/C36H38F8O6/c1-3-4-5-6-7-9-24(2)49-32(45)27-12-10-25(11-13-27)26-14-16-28(17-15-26)50-33(46)30-19-18-29(22-31(30)37)48-21-8-20-47-23-34(38,39)35(40,41)36(42,43)44/h10-19,22,24H,3-9,20-21,23H2,1-2H3/t24-/m0/s1. The summed E-state index contributed by atoms with van der Waals surface area (Å²) < 4.78 is 124. The molecule has 3 aromatic rings. The molecule has 0 radical (unpaired) electrons. The first-order chi connectivity index (χ1) is 23.6. The zero-order valence-electron chi connectivity index (χ0n) is 27.5. The highest BCUT2D eigenvalue weighted by molar-refractivity contribution is 5.92. The first-order valence-electron chi connectivity index (χ1n) is 16.0. The second-order valence-corrected chi connectivity index (χ2v) is 11.6. The van der Waals surface area contributed by atoms with Crippen molar-refractivity contribution in [2.75, 3.05) is 19.8 Å². The maximum absolute atomic E-state index is 14.6. The average Bonchev–Trinajstić information content (AvgIpc) is 3.06. The molecular formula is C36H38F8O6. The molecule has 0 fully saturated rings. The zero-order chi connectivity index (χ0) is 37.0. The molecule has 0 aliphatic carbocycles. The minimum absolute atomic E-state index is 0.0797. The van der Waals surface area contributed by atoms with Crippen LogP contribution < -0.4 is 9.47 Å². The summed E-state index contributed by atoms with van der Waals surface area (Å²) in [4.78, 5) is 25.1. The highest BCUT2D eigenvalue weighted by Crippen LogP contribution is 2.46. The van der Waals surface area contributed by atoms with Crippen molar-refractivity contribution in [3.05, 3.63) is 83.7 Å². The average molecular weight is 719 g/mol. The van der Waals surface area contributed by atoms with Gasteiger partial charge in [-0.25, -0.2) is 14.0 Å². The van der Waals surface area contributed by atoms with Gasteiger partial charge in [-0.15, -0.1) is 0 Å². The molecule has 3 rings (SSSR count). The Morgan fingerprint density at radius 1 is 0.720 bits per heavy atom. The molecule has 0 aliphatic rings. The van der Waals surface area contributed by atoms with E-state index in [4.69, 9.17) is 14.2 Å². The lowest BCUT2D eigenvalue weighted by Crippen LogP contribution is -2.54. The summed E-state index contributed by atoms with van der Waals surface area (Å²) in [5.41, 5.74) is 1.55. The van der Waals surface area contributed by atoms with Crippen molar-refractivity contribution >= 4 is 11.9 Å². The SMILES string of the molecule is CCCCCCC[C@H](C)OC(=O)c1ccc(-c2ccc(OC(=O)c3ccc(OCCCOCC(F)(F)C(F)(F)C(F)(F)F)cc3F)cc2)cc1. The Hall–Kier alpha value is -4.20. The van der Waals surface area contributed by atoms with Crippen LogP contribution in [0.1, 0.15) is 79.5 Å². The molecule has 0 saturated carbocycles. The predicted octanol–water partition coefficient (Wildman–Crippen LogP) is 10.2. The molecule has 0 heterocycles. The van der Waals surface area contributed by atoms with Crippen LogP contribution in [0.4, 0.5) is 35.1 Å². The zero-order valence-corrected chi connectivity index (χ0v) is 27.5. The van der Waals surface area contributed by atoms with Crippen LogP contribution in [-0.2, 0) is 9.47 Å². The fourth-order valence-corrected chi connectivity index (χ4v) is 4.62. The van der Waals surface area contributed by atoms with E-state index in [1.54, 1.807) is 36.4 Å². The molecule has 14 heteroatoms. The third kappa shape index (κ3) is 11.4. The normalized spacial score (nSPS) is 12.8. The molecular weight excluding hydrogens is 680 g/mol. The molecule has 0 aliphatic heterocycles. The fraction of sp³-hybridized carbons (Fsp3) is 0.444. The lowest BCUT2D eigenvalue weighted by molar-refractivity contribution is -0.361. The predicted molar refractivity (Wildman–Crippen MR) is 168 cm³/mol. The van der Waals surface area contributed by atoms with Gasteiger partial charge in [-0.2, -0.15) is 30.7 Å². The number of carbonyl (C=O) groups is 2. The largest absolute Gasteiger partial charge is 0.493 e. The van der Waals surface area contributed by atoms with Crippen LogP contribution in [0, 0.1) is 5.82 Å². The van der Waals surface area contributed by atoms with Crippen molar-refractivity contribution in [2.45, 2.75) is 82.9 Å². The van der Waals surface area contributed by atoms with Gasteiger partial charge in [0, 0.05) is 12.5 Å². The molecule has 3 aromatic carbocycles. The van der Waals surface area contributed by atoms with Gasteiger partial charge in [0.2, 0.25) is 0 Å². The number of hydrogen-bond acceptors (Lipinski definition) is 6. The van der Waals surface area contributed by atoms with Crippen LogP contribution in [-0.4, -0.2) is 55.9 Å². The van der Waals surface area contributed by atoms with Crippen molar-refractivity contribution < 1.29 is 63.7 Å². The molecule has 0 unspecified atom stereocenters. The Labute approximate surface area is 284 Å². The van der Waals surface area contributed by atoms with E-state index in [2.05, 4.69) is 11.7 Å². The quantitative estimate of drug-likeness (QED) is 0.0532. The Bertz CT molecular complexity index is 1530. The van der Waals surface area contributed by atoms with Crippen LogP contribution in [0.25, 0.3) is 11.1 Å². The minimum Gasteiger partial charge on any atom is -0.493 e. The first kappa shape index (κ1) is 40.2. The molecule has 0 aromatic heterocycles. The van der Waals surface area contributed by atoms with Crippen LogP contribution in [0.5, 0.6) is 11.5 Å². The third-order valence-electron chi connectivity index (χ3n) is 7.50. The Morgan fingerprint density at radius 3 is 1.92 bits per heavy atom. The van der Waals surface area contributed by atoms with Crippen molar-refractivity contribution in [1.29, 1.82) is 0 Å². The first-order valence-corrected chi connectivity index (χ1v) is 16.0. The lowest BCUT2D eigenvalue weighted by Gasteiger charge is -2.27. The van der Waals surface area contributed by atoms with Gasteiger partial charge in [0.15, 0.2) is 0 Å². The molecule has 1 atom stereocenters. The molecule has 6 nitrogen and oxygen atoms in total. The summed E-state index contributed by atoms with van der Waals surface area (Å²) in [7, 11) is 0. The number of unbranched alkanes of at least 4 members (excludes halogenated alkanes) is 4. The summed E-state index contributed by atoms with van der Waals surface area (Å²) in [5.74, 6) is -14.1. The highest BCUT2D eigenvalue weighted by Gasteiger charge is 2.73. The fourth-order valence-electron chi connectivity index (χ4n) is 4.62. The Balaban J connectivity index is 1.44. The maximum Gasteiger partial charge on any atom is 0.459 e. The number of rotatable bonds is 19. The second-order valence-electron chi connectivity index (χ2n) is 11.6. The summed E-state index contributed by atoms with van der Waals surface area (Å²) >= 11 is 0. The topological polar surface area (TPSA) is 71.1 Å². The van der Waals surface area contributed by atoms with Crippen LogP contribution in [0.3, 0.4) is 0 Å². The van der Waals surface area contributed by atoms with Gasteiger partial charge in [-0.3, -0.25) is 0 Å². The van der Waals surface area contributed by atoms with Crippen LogP contribution in [0.2, 0.25) is 0 Å². The second kappa shape index (κ2) is 18.2. The summed E-state index contributed by atoms with van der Waals surface area (Å²) in [6.07, 6.45) is -0.370. The number of ether oxygens (including phenoxy) is 4. The number of benzene rings is 3. The van der Waals surface area contributed by atoms with E-state index in [0.29, 0.717) is 5.56 Å². The molecule has 50 heavy (non-hydrogen) atoms. The van der Waals surface area contributed by atoms with Crippen molar-refractivity contribution in [1.82, 2.24) is 0 Å². The van der Waals surface area contributed by atoms with Gasteiger partial charge in [0.25, 0.3) is 0 Å². The van der Waals surface area contributed by atoms with Gasteiger partial charge < -0.3 is 18.9 Å². The van der Waals surface area contributed by atoms with E-state index in [-0.39, 0.29) is 30.6 Å². The van der Waals surface area contributed by atoms with E-state index >= 15 is 0 Å². The number of hydrogen-bond donors (Lipinski definition) is 0. The lowest BCUT2D eigenvalue weighted by atomic mass is 10.0. The van der Waals surface area contributed by atoms with E-state index < -0.39 is 54.6 Å². The van der Waals surface area contributed by atoms with E-state index in [1.165, 1.54) is 37.5 Å². The Kier molecular flexibility index (Phi) is 14.6. The van der Waals surface area contributed by atoms with Gasteiger partial charge in [-0.05, 0) is 67.3 Å². The summed E-state index contributed by atoms with van der Waals surface area (Å²) in [6, 6.07) is 16.4.